The summed E-state index contributed by atoms with van der Waals surface area (Å²) in [7, 11) is 0. The van der Waals surface area contributed by atoms with Crippen LogP contribution in [0, 0.1) is 5.82 Å². The number of anilines is 1. The van der Waals surface area contributed by atoms with Gasteiger partial charge in [-0.15, -0.1) is 0 Å². The molecule has 3 rings (SSSR count). The Bertz CT molecular complexity index is 632. The molecule has 23 heavy (non-hydrogen) atoms. The molecule has 0 radical (unpaired) electrons. The number of benzene rings is 1. The highest BCUT2D eigenvalue weighted by Crippen LogP contribution is 2.33. The maximum Gasteiger partial charge on any atom is 0.146 e. The van der Waals surface area contributed by atoms with Gasteiger partial charge in [-0.25, -0.2) is 4.39 Å². The average molecular weight is 321 g/mol. The van der Waals surface area contributed by atoms with Gasteiger partial charge in [-0.3, -0.25) is 0 Å². The number of ether oxygens (including phenoxy) is 2. The molecule has 1 aliphatic rings. The van der Waals surface area contributed by atoms with E-state index in [-0.39, 0.29) is 18.5 Å². The van der Waals surface area contributed by atoms with Crippen molar-refractivity contribution in [1.29, 1.82) is 0 Å². The first-order valence-electron chi connectivity index (χ1n) is 7.61. The summed E-state index contributed by atoms with van der Waals surface area (Å²) in [5, 5.41) is 10.2. The quantitative estimate of drug-likeness (QED) is 0.886. The number of hydrogen-bond donors (Lipinski definition) is 1. The van der Waals surface area contributed by atoms with Gasteiger partial charge in [-0.1, -0.05) is 0 Å². The molecule has 2 atom stereocenters. The maximum absolute atomic E-state index is 13.3. The molecule has 0 saturated carbocycles. The van der Waals surface area contributed by atoms with Gasteiger partial charge < -0.3 is 23.9 Å². The fourth-order valence-corrected chi connectivity index (χ4v) is 2.68. The number of fused-ring (bicyclic) bond motifs is 1. The van der Waals surface area contributed by atoms with E-state index in [1.165, 1.54) is 12.1 Å². The number of aliphatic hydroxyl groups excluding tert-OH is 1. The lowest BCUT2D eigenvalue weighted by molar-refractivity contribution is 0.0245. The Hall–Kier alpha value is -2.05. The van der Waals surface area contributed by atoms with Gasteiger partial charge >= 0.3 is 0 Å². The molecule has 2 aromatic rings. The lowest BCUT2D eigenvalue weighted by atomic mass is 10.1. The largest absolute Gasteiger partial charge is 0.487 e. The predicted octanol–water partition coefficient (Wildman–Crippen LogP) is 2.58. The van der Waals surface area contributed by atoms with Gasteiger partial charge in [0.2, 0.25) is 0 Å². The molecule has 1 aliphatic heterocycles. The van der Waals surface area contributed by atoms with Crippen LogP contribution in [0.15, 0.2) is 41.0 Å². The van der Waals surface area contributed by atoms with E-state index in [0.717, 1.165) is 11.4 Å². The van der Waals surface area contributed by atoms with Crippen LogP contribution in [0.25, 0.3) is 0 Å². The average Bonchev–Trinajstić information content (AvgIpc) is 2.99. The zero-order valence-corrected chi connectivity index (χ0v) is 12.9. The van der Waals surface area contributed by atoms with E-state index >= 15 is 0 Å². The van der Waals surface area contributed by atoms with Gasteiger partial charge in [0.1, 0.15) is 30.0 Å². The lowest BCUT2D eigenvalue weighted by Gasteiger charge is -2.36. The Balaban J connectivity index is 1.56. The fraction of sp³-hybridized carbons (Fsp3) is 0.412. The van der Waals surface area contributed by atoms with Crippen LogP contribution in [0.4, 0.5) is 10.1 Å². The highest BCUT2D eigenvalue weighted by Gasteiger charge is 2.25. The number of β-amino-alcohol motifs (C(OH)–C–C–N with tert-alkyl or cyclic N) is 1. The van der Waals surface area contributed by atoms with E-state index in [2.05, 4.69) is 0 Å². The van der Waals surface area contributed by atoms with Crippen molar-refractivity contribution < 1.29 is 23.4 Å². The van der Waals surface area contributed by atoms with Crippen LogP contribution in [0.5, 0.6) is 5.75 Å². The third kappa shape index (κ3) is 4.03. The first-order chi connectivity index (χ1) is 11.1. The van der Waals surface area contributed by atoms with E-state index in [1.54, 1.807) is 18.4 Å². The Labute approximate surface area is 134 Å². The van der Waals surface area contributed by atoms with Crippen molar-refractivity contribution in [3.8, 4) is 5.75 Å². The predicted molar refractivity (Wildman–Crippen MR) is 83.1 cm³/mol. The molecule has 0 fully saturated rings. The molecule has 5 nitrogen and oxygen atoms in total. The van der Waals surface area contributed by atoms with Crippen molar-refractivity contribution in [3.63, 3.8) is 0 Å². The molecule has 0 bridgehead atoms. The molecule has 6 heteroatoms. The monoisotopic (exact) mass is 321 g/mol. The van der Waals surface area contributed by atoms with Gasteiger partial charge in [-0.05, 0) is 31.2 Å². The van der Waals surface area contributed by atoms with Gasteiger partial charge in [0, 0.05) is 12.6 Å². The Kier molecular flexibility index (Phi) is 4.83. The maximum atomic E-state index is 13.3. The molecule has 124 valence electrons. The molecule has 1 N–H and O–H groups in total. The highest BCUT2D eigenvalue weighted by molar-refractivity contribution is 5.60. The van der Waals surface area contributed by atoms with Gasteiger partial charge in [0.05, 0.1) is 31.2 Å². The van der Waals surface area contributed by atoms with Crippen LogP contribution in [-0.4, -0.2) is 37.0 Å². The fourth-order valence-electron chi connectivity index (χ4n) is 2.68. The molecular formula is C17H20FNO4. The summed E-state index contributed by atoms with van der Waals surface area (Å²) in [5.74, 6) is 0.894. The summed E-state index contributed by atoms with van der Waals surface area (Å²) < 4.78 is 29.6. The number of aliphatic hydroxyl groups is 1. The van der Waals surface area contributed by atoms with Crippen LogP contribution in [0.3, 0.4) is 0 Å². The van der Waals surface area contributed by atoms with Crippen LogP contribution < -0.4 is 9.64 Å². The molecule has 1 aromatic heterocycles. The molecule has 2 heterocycles. The van der Waals surface area contributed by atoms with E-state index in [9.17, 15) is 9.50 Å². The first-order valence-corrected chi connectivity index (χ1v) is 7.61. The summed E-state index contributed by atoms with van der Waals surface area (Å²) in [6, 6.07) is 8.05. The van der Waals surface area contributed by atoms with Crippen molar-refractivity contribution in [2.75, 3.05) is 24.6 Å². The normalized spacial score (nSPS) is 18.4. The third-order valence-electron chi connectivity index (χ3n) is 3.63. The van der Waals surface area contributed by atoms with Crippen molar-refractivity contribution in [2.24, 2.45) is 0 Å². The van der Waals surface area contributed by atoms with Crippen LogP contribution >= 0.6 is 0 Å². The van der Waals surface area contributed by atoms with E-state index < -0.39 is 6.10 Å². The van der Waals surface area contributed by atoms with Gasteiger partial charge in [0.15, 0.2) is 0 Å². The molecule has 0 spiro atoms. The van der Waals surface area contributed by atoms with Crippen molar-refractivity contribution in [3.05, 3.63) is 48.2 Å². The standard InChI is InChI=1S/C17H20FNO4/c1-12-8-19(16-5-4-13(18)7-17(16)23-12)9-14(20)10-21-11-15-3-2-6-22-15/h2-7,12,14,20H,8-11H2,1H3. The second-order valence-electron chi connectivity index (χ2n) is 5.69. The summed E-state index contributed by atoms with van der Waals surface area (Å²) in [6.45, 7) is 3.47. The topological polar surface area (TPSA) is 55.1 Å². The zero-order valence-electron chi connectivity index (χ0n) is 12.9. The van der Waals surface area contributed by atoms with Crippen LogP contribution in [0.2, 0.25) is 0 Å². The summed E-state index contributed by atoms with van der Waals surface area (Å²) >= 11 is 0. The number of halogens is 1. The second kappa shape index (κ2) is 7.02. The molecular weight excluding hydrogens is 301 g/mol. The van der Waals surface area contributed by atoms with Crippen LogP contribution in [0.1, 0.15) is 12.7 Å². The number of furan rings is 1. The minimum Gasteiger partial charge on any atom is -0.487 e. The second-order valence-corrected chi connectivity index (χ2v) is 5.69. The summed E-state index contributed by atoms with van der Waals surface area (Å²) in [5.41, 5.74) is 0.787. The summed E-state index contributed by atoms with van der Waals surface area (Å²) in [6.07, 6.45) is 0.856. The Morgan fingerprint density at radius 3 is 3.09 bits per heavy atom. The van der Waals surface area contributed by atoms with Crippen molar-refractivity contribution in [2.45, 2.75) is 25.7 Å². The molecule has 0 saturated heterocycles. The van der Waals surface area contributed by atoms with E-state index in [1.807, 2.05) is 17.9 Å². The zero-order chi connectivity index (χ0) is 16.2. The number of hydrogen-bond acceptors (Lipinski definition) is 5. The first kappa shape index (κ1) is 15.8. The van der Waals surface area contributed by atoms with E-state index in [0.29, 0.717) is 25.4 Å². The Morgan fingerprint density at radius 2 is 2.30 bits per heavy atom. The third-order valence-corrected chi connectivity index (χ3v) is 3.63. The minimum atomic E-state index is -0.659. The summed E-state index contributed by atoms with van der Waals surface area (Å²) in [4.78, 5) is 1.99. The van der Waals surface area contributed by atoms with Crippen LogP contribution in [-0.2, 0) is 11.3 Å². The van der Waals surface area contributed by atoms with E-state index in [4.69, 9.17) is 13.9 Å². The SMILES string of the molecule is CC1CN(CC(O)COCc2ccco2)c2ccc(F)cc2O1. The lowest BCUT2D eigenvalue weighted by Crippen LogP contribution is -2.43. The van der Waals surface area contributed by atoms with Gasteiger partial charge in [-0.2, -0.15) is 0 Å². The minimum absolute atomic E-state index is 0.0689. The number of nitrogens with zero attached hydrogens (tertiary/aromatic N) is 1. The highest BCUT2D eigenvalue weighted by atomic mass is 19.1. The molecule has 1 aromatic carbocycles. The van der Waals surface area contributed by atoms with Crippen molar-refractivity contribution in [1.82, 2.24) is 0 Å². The van der Waals surface area contributed by atoms with Gasteiger partial charge in [0.25, 0.3) is 0 Å². The van der Waals surface area contributed by atoms with Crippen molar-refractivity contribution >= 4 is 5.69 Å². The number of rotatable bonds is 6. The molecule has 0 amide bonds. The molecule has 0 aliphatic carbocycles. The smallest absolute Gasteiger partial charge is 0.146 e. The molecule has 2 unspecified atom stereocenters. The Morgan fingerprint density at radius 1 is 1.43 bits per heavy atom.